The van der Waals surface area contributed by atoms with Crippen LogP contribution in [-0.2, 0) is 19.0 Å². The Morgan fingerprint density at radius 3 is 2.70 bits per heavy atom. The van der Waals surface area contributed by atoms with Crippen LogP contribution in [0, 0.1) is 17.8 Å². The Balaban J connectivity index is 1.34. The van der Waals surface area contributed by atoms with Crippen LogP contribution in [0.25, 0.3) is 0 Å². The van der Waals surface area contributed by atoms with Gasteiger partial charge in [0.2, 0.25) is 5.91 Å². The average molecular weight is 424 g/mol. The van der Waals surface area contributed by atoms with Crippen molar-refractivity contribution in [2.75, 3.05) is 39.9 Å². The third-order valence-corrected chi connectivity index (χ3v) is 7.77. The van der Waals surface area contributed by atoms with E-state index in [9.17, 15) is 4.79 Å². The molecular formula is C23H41N3O4. The molecule has 3 heterocycles. The number of amides is 1. The van der Waals surface area contributed by atoms with E-state index < -0.39 is 5.72 Å². The van der Waals surface area contributed by atoms with E-state index in [4.69, 9.17) is 19.9 Å². The number of carbonyl (C=O) groups excluding carboxylic acids is 1. The SMILES string of the molecule is CO[C@@H]1C(CC(=O)NCCN2CCCC2)CC[C@]2(CO2)[C@H]1[C@@]1(N)O[C@@H]1CCC(C)C. The number of rotatable bonds is 10. The number of hydrogen-bond acceptors (Lipinski definition) is 6. The first-order valence-electron chi connectivity index (χ1n) is 12.0. The Morgan fingerprint density at radius 1 is 1.33 bits per heavy atom. The summed E-state index contributed by atoms with van der Waals surface area (Å²) in [7, 11) is 1.74. The minimum absolute atomic E-state index is 0.0108. The second-order valence-electron chi connectivity index (χ2n) is 10.4. The maximum atomic E-state index is 12.7. The lowest BCUT2D eigenvalue weighted by molar-refractivity contribution is -0.128. The van der Waals surface area contributed by atoms with Crippen molar-refractivity contribution in [3.63, 3.8) is 0 Å². The van der Waals surface area contributed by atoms with E-state index in [1.54, 1.807) is 7.11 Å². The number of nitrogens with two attached hydrogens (primary N) is 1. The summed E-state index contributed by atoms with van der Waals surface area (Å²) in [5, 5.41) is 3.12. The van der Waals surface area contributed by atoms with Crippen LogP contribution in [0.5, 0.6) is 0 Å². The van der Waals surface area contributed by atoms with Gasteiger partial charge in [0.15, 0.2) is 5.72 Å². The molecule has 0 bridgehead atoms. The highest BCUT2D eigenvalue weighted by molar-refractivity contribution is 5.76. The van der Waals surface area contributed by atoms with Gasteiger partial charge in [-0.2, -0.15) is 0 Å². The highest BCUT2D eigenvalue weighted by Crippen LogP contribution is 2.58. The van der Waals surface area contributed by atoms with Crippen LogP contribution < -0.4 is 11.1 Å². The van der Waals surface area contributed by atoms with Crippen molar-refractivity contribution in [1.82, 2.24) is 10.2 Å². The lowest BCUT2D eigenvalue weighted by Crippen LogP contribution is -2.57. The number of epoxide rings is 2. The Hall–Kier alpha value is -0.730. The molecule has 1 amide bonds. The fraction of sp³-hybridized carbons (Fsp3) is 0.957. The maximum absolute atomic E-state index is 12.7. The number of carbonyl (C=O) groups is 1. The van der Waals surface area contributed by atoms with Gasteiger partial charge < -0.3 is 30.2 Å². The topological polar surface area (TPSA) is 92.7 Å². The van der Waals surface area contributed by atoms with E-state index in [2.05, 4.69) is 24.1 Å². The summed E-state index contributed by atoms with van der Waals surface area (Å²) in [6.07, 6.45) is 6.93. The molecule has 0 aromatic carbocycles. The highest BCUT2D eigenvalue weighted by Gasteiger charge is 2.72. The van der Waals surface area contributed by atoms with Crippen LogP contribution in [-0.4, -0.2) is 74.2 Å². The summed E-state index contributed by atoms with van der Waals surface area (Å²) in [4.78, 5) is 15.1. The molecule has 1 saturated carbocycles. The summed E-state index contributed by atoms with van der Waals surface area (Å²) in [6.45, 7) is 9.16. The van der Waals surface area contributed by atoms with Gasteiger partial charge in [-0.1, -0.05) is 13.8 Å². The van der Waals surface area contributed by atoms with Gasteiger partial charge in [0, 0.05) is 26.6 Å². The molecule has 172 valence electrons. The molecule has 0 radical (unpaired) electrons. The Kier molecular flexibility index (Phi) is 6.76. The lowest BCUT2D eigenvalue weighted by atomic mass is 9.66. The molecule has 0 aromatic heterocycles. The molecule has 1 spiro atoms. The Morgan fingerprint density at radius 2 is 2.07 bits per heavy atom. The minimum atomic E-state index is -0.684. The van der Waals surface area contributed by atoms with Crippen molar-refractivity contribution in [3.05, 3.63) is 0 Å². The zero-order chi connectivity index (χ0) is 21.4. The molecule has 7 nitrogen and oxygen atoms in total. The van der Waals surface area contributed by atoms with Gasteiger partial charge in [0.25, 0.3) is 0 Å². The monoisotopic (exact) mass is 423 g/mol. The van der Waals surface area contributed by atoms with Crippen molar-refractivity contribution >= 4 is 5.91 Å². The first-order chi connectivity index (χ1) is 14.4. The second-order valence-corrected chi connectivity index (χ2v) is 10.4. The van der Waals surface area contributed by atoms with Gasteiger partial charge in [0.05, 0.1) is 18.6 Å². The van der Waals surface area contributed by atoms with Crippen LogP contribution >= 0.6 is 0 Å². The predicted octanol–water partition coefficient (Wildman–Crippen LogP) is 1.89. The van der Waals surface area contributed by atoms with Crippen molar-refractivity contribution in [2.24, 2.45) is 23.5 Å². The smallest absolute Gasteiger partial charge is 0.220 e. The first kappa shape index (κ1) is 22.5. The molecule has 4 rings (SSSR count). The fourth-order valence-electron chi connectivity index (χ4n) is 5.88. The van der Waals surface area contributed by atoms with Crippen molar-refractivity contribution in [3.8, 4) is 0 Å². The minimum Gasteiger partial charge on any atom is -0.381 e. The van der Waals surface area contributed by atoms with Gasteiger partial charge in [-0.05, 0) is 63.5 Å². The third kappa shape index (κ3) is 4.70. The van der Waals surface area contributed by atoms with Crippen LogP contribution in [0.2, 0.25) is 0 Å². The molecule has 0 aromatic rings. The van der Waals surface area contributed by atoms with Crippen LogP contribution in [0.1, 0.15) is 58.8 Å². The van der Waals surface area contributed by atoms with E-state index in [-0.39, 0.29) is 35.6 Å². The number of nitrogens with zero attached hydrogens (tertiary/aromatic N) is 1. The molecule has 3 saturated heterocycles. The van der Waals surface area contributed by atoms with Crippen LogP contribution in [0.15, 0.2) is 0 Å². The third-order valence-electron chi connectivity index (χ3n) is 7.77. The van der Waals surface area contributed by atoms with Crippen LogP contribution in [0.4, 0.5) is 0 Å². The maximum Gasteiger partial charge on any atom is 0.220 e. The molecule has 1 unspecified atom stereocenters. The van der Waals surface area contributed by atoms with Crippen molar-refractivity contribution in [2.45, 2.75) is 82.3 Å². The largest absolute Gasteiger partial charge is 0.381 e. The molecule has 7 heteroatoms. The fourth-order valence-corrected chi connectivity index (χ4v) is 5.88. The molecule has 6 atom stereocenters. The molecular weight excluding hydrogens is 382 g/mol. The van der Waals surface area contributed by atoms with E-state index >= 15 is 0 Å². The van der Waals surface area contributed by atoms with Gasteiger partial charge in [-0.3, -0.25) is 4.79 Å². The first-order valence-corrected chi connectivity index (χ1v) is 12.0. The summed E-state index contributed by atoms with van der Waals surface area (Å²) in [5.41, 5.74) is 5.89. The number of methoxy groups -OCH3 is 1. The van der Waals surface area contributed by atoms with E-state index in [0.717, 1.165) is 58.5 Å². The van der Waals surface area contributed by atoms with Crippen molar-refractivity contribution < 1.29 is 19.0 Å². The number of ether oxygens (including phenoxy) is 3. The average Bonchev–Trinajstić information content (AvgIpc) is 3.55. The Bertz CT molecular complexity index is 605. The predicted molar refractivity (Wildman–Crippen MR) is 115 cm³/mol. The quantitative estimate of drug-likeness (QED) is 0.521. The number of likely N-dealkylation sites (tertiary alicyclic amines) is 1. The molecule has 4 fully saturated rings. The standard InChI is InChI=1S/C23H41N3O4/c1-16(2)6-7-18-23(24,30-18)21-20(28-3)17(8-9-22(21)15-29-22)14-19(27)25-10-13-26-11-4-5-12-26/h16-18,20-21H,4-15,24H2,1-3H3,(H,25,27)/t17?,18-,20-,21+,22+,23+/m1/s1. The molecule has 1 aliphatic carbocycles. The van der Waals surface area contributed by atoms with Crippen molar-refractivity contribution in [1.29, 1.82) is 0 Å². The van der Waals surface area contributed by atoms with Gasteiger partial charge in [-0.15, -0.1) is 0 Å². The van der Waals surface area contributed by atoms with E-state index in [1.165, 1.54) is 12.8 Å². The van der Waals surface area contributed by atoms with Gasteiger partial charge in [-0.25, -0.2) is 0 Å². The van der Waals surface area contributed by atoms with Crippen LogP contribution in [0.3, 0.4) is 0 Å². The zero-order valence-corrected chi connectivity index (χ0v) is 19.0. The number of nitrogens with one attached hydrogen (secondary N) is 1. The summed E-state index contributed by atoms with van der Waals surface area (Å²) >= 11 is 0. The molecule has 3 aliphatic heterocycles. The van der Waals surface area contributed by atoms with E-state index in [0.29, 0.717) is 12.3 Å². The lowest BCUT2D eigenvalue weighted by Gasteiger charge is -2.43. The Labute approximate surface area is 181 Å². The zero-order valence-electron chi connectivity index (χ0n) is 19.0. The molecule has 4 aliphatic rings. The molecule has 3 N–H and O–H groups in total. The summed E-state index contributed by atoms with van der Waals surface area (Å²) in [5.74, 6) is 0.887. The van der Waals surface area contributed by atoms with Gasteiger partial charge in [0.1, 0.15) is 11.7 Å². The normalized spacial score (nSPS) is 40.8. The highest BCUT2D eigenvalue weighted by atomic mass is 16.6. The number of hydrogen-bond donors (Lipinski definition) is 2. The van der Waals surface area contributed by atoms with E-state index in [1.807, 2.05) is 0 Å². The second kappa shape index (κ2) is 9.02. The summed E-state index contributed by atoms with van der Waals surface area (Å²) in [6, 6.07) is 0. The van der Waals surface area contributed by atoms with Gasteiger partial charge >= 0.3 is 0 Å². The molecule has 30 heavy (non-hydrogen) atoms. The summed E-state index contributed by atoms with van der Waals surface area (Å²) < 4.78 is 18.0.